The summed E-state index contributed by atoms with van der Waals surface area (Å²) >= 11 is 3.15. The topological polar surface area (TPSA) is 85.4 Å². The largest absolute Gasteiger partial charge is 0.297 e. The molecule has 1 saturated heterocycles. The molecule has 0 aliphatic carbocycles. The Bertz CT molecular complexity index is 1560. The molecule has 11 heteroatoms. The van der Waals surface area contributed by atoms with Crippen LogP contribution in [0.15, 0.2) is 82.4 Å². The molecule has 178 valence electrons. The Labute approximate surface area is 211 Å². The van der Waals surface area contributed by atoms with E-state index in [4.69, 9.17) is 0 Å². The number of benzene rings is 2. The predicted molar refractivity (Wildman–Crippen MR) is 137 cm³/mol. The van der Waals surface area contributed by atoms with Crippen LogP contribution in [0.1, 0.15) is 18.5 Å². The lowest BCUT2D eigenvalue weighted by Crippen LogP contribution is -2.27. The predicted octanol–water partition coefficient (Wildman–Crippen LogP) is 4.72. The van der Waals surface area contributed by atoms with Crippen molar-refractivity contribution in [3.05, 3.63) is 78.1 Å². The molecule has 0 radical (unpaired) electrons. The van der Waals surface area contributed by atoms with Crippen LogP contribution in [0.4, 0.5) is 0 Å². The van der Waals surface area contributed by atoms with E-state index in [1.54, 1.807) is 45.6 Å². The number of para-hydroxylation sites is 1. The van der Waals surface area contributed by atoms with Crippen molar-refractivity contribution in [3.8, 4) is 17.1 Å². The summed E-state index contributed by atoms with van der Waals surface area (Å²) in [4.78, 5) is 5.91. The molecule has 35 heavy (non-hydrogen) atoms. The second-order valence-corrected chi connectivity index (χ2v) is 12.0. The SMILES string of the molecule is O=S(=O)(c1cccc(-c2nnc(SCc3cn4ccsc4n3)n2-c2ccccc2)c1)N1CCCC1. The van der Waals surface area contributed by atoms with Gasteiger partial charge in [-0.2, -0.15) is 4.31 Å². The molecule has 0 atom stereocenters. The number of nitrogens with zero attached hydrogens (tertiary/aromatic N) is 6. The first-order chi connectivity index (χ1) is 17.1. The van der Waals surface area contributed by atoms with E-state index in [0.29, 0.717) is 30.2 Å². The summed E-state index contributed by atoms with van der Waals surface area (Å²) in [5.74, 6) is 1.24. The first-order valence-electron chi connectivity index (χ1n) is 11.2. The third-order valence-electron chi connectivity index (χ3n) is 5.94. The van der Waals surface area contributed by atoms with Gasteiger partial charge in [0.25, 0.3) is 0 Å². The summed E-state index contributed by atoms with van der Waals surface area (Å²) in [6.07, 6.45) is 5.82. The fourth-order valence-electron chi connectivity index (χ4n) is 4.22. The van der Waals surface area contributed by atoms with Crippen molar-refractivity contribution in [3.63, 3.8) is 0 Å². The minimum absolute atomic E-state index is 0.284. The zero-order valence-electron chi connectivity index (χ0n) is 18.7. The summed E-state index contributed by atoms with van der Waals surface area (Å²) in [7, 11) is -3.53. The number of imidazole rings is 1. The molecule has 1 aliphatic rings. The molecule has 8 nitrogen and oxygen atoms in total. The van der Waals surface area contributed by atoms with Crippen LogP contribution in [-0.2, 0) is 15.8 Å². The molecule has 0 unspecified atom stereocenters. The van der Waals surface area contributed by atoms with E-state index in [9.17, 15) is 8.42 Å². The van der Waals surface area contributed by atoms with E-state index in [2.05, 4.69) is 15.2 Å². The molecule has 3 aromatic heterocycles. The summed E-state index contributed by atoms with van der Waals surface area (Å²) in [6.45, 7) is 1.14. The Balaban J connectivity index is 1.37. The summed E-state index contributed by atoms with van der Waals surface area (Å²) in [5, 5.41) is 11.7. The minimum Gasteiger partial charge on any atom is -0.297 e. The maximum Gasteiger partial charge on any atom is 0.243 e. The third-order valence-corrected chi connectivity index (χ3v) is 9.56. The highest BCUT2D eigenvalue weighted by Crippen LogP contribution is 2.31. The van der Waals surface area contributed by atoms with E-state index in [-0.39, 0.29) is 4.90 Å². The Kier molecular flexibility index (Phi) is 5.93. The lowest BCUT2D eigenvalue weighted by atomic mass is 10.2. The first-order valence-corrected chi connectivity index (χ1v) is 14.6. The van der Waals surface area contributed by atoms with Gasteiger partial charge in [0, 0.05) is 47.9 Å². The average molecular weight is 523 g/mol. The third kappa shape index (κ3) is 4.29. The van der Waals surface area contributed by atoms with Gasteiger partial charge < -0.3 is 0 Å². The van der Waals surface area contributed by atoms with Crippen LogP contribution in [-0.4, -0.2) is 50.0 Å². The number of hydrogen-bond acceptors (Lipinski definition) is 7. The van der Waals surface area contributed by atoms with Gasteiger partial charge in [-0.05, 0) is 37.1 Å². The van der Waals surface area contributed by atoms with Crippen LogP contribution < -0.4 is 0 Å². The standard InChI is InChI=1S/C24H22N6O2S3/c31-35(32,29-11-4-5-12-29)21-10-6-7-18(15-21)22-26-27-24(30(22)20-8-2-1-3-9-20)34-17-19-16-28-13-14-33-23(28)25-19/h1-3,6-10,13-16H,4-5,11-12,17H2. The monoisotopic (exact) mass is 522 g/mol. The van der Waals surface area contributed by atoms with Crippen LogP contribution >= 0.6 is 23.1 Å². The maximum absolute atomic E-state index is 13.2. The molecular weight excluding hydrogens is 501 g/mol. The molecule has 1 aliphatic heterocycles. The molecule has 1 fully saturated rings. The maximum atomic E-state index is 13.2. The van der Waals surface area contributed by atoms with Crippen LogP contribution in [0, 0.1) is 0 Å². The number of sulfonamides is 1. The Morgan fingerprint density at radius 3 is 2.63 bits per heavy atom. The normalized spacial score (nSPS) is 14.7. The highest BCUT2D eigenvalue weighted by molar-refractivity contribution is 7.98. The fraction of sp³-hybridized carbons (Fsp3) is 0.208. The quantitative estimate of drug-likeness (QED) is 0.288. The lowest BCUT2D eigenvalue weighted by Gasteiger charge is -2.16. The van der Waals surface area contributed by atoms with Crippen molar-refractivity contribution in [1.29, 1.82) is 0 Å². The lowest BCUT2D eigenvalue weighted by molar-refractivity contribution is 0.477. The molecule has 0 saturated carbocycles. The summed E-state index contributed by atoms with van der Waals surface area (Å²) in [6, 6.07) is 16.9. The van der Waals surface area contributed by atoms with E-state index in [1.165, 1.54) is 0 Å². The van der Waals surface area contributed by atoms with Gasteiger partial charge in [-0.1, -0.05) is 42.1 Å². The van der Waals surface area contributed by atoms with Crippen LogP contribution in [0.25, 0.3) is 22.0 Å². The van der Waals surface area contributed by atoms with Gasteiger partial charge in [-0.3, -0.25) is 8.97 Å². The van der Waals surface area contributed by atoms with Crippen LogP contribution in [0.2, 0.25) is 0 Å². The average Bonchev–Trinajstić information content (AvgIpc) is 3.67. The molecular formula is C24H22N6O2S3. The smallest absolute Gasteiger partial charge is 0.243 e. The zero-order valence-corrected chi connectivity index (χ0v) is 21.1. The Morgan fingerprint density at radius 1 is 1.00 bits per heavy atom. The van der Waals surface area contributed by atoms with E-state index in [0.717, 1.165) is 34.3 Å². The number of thioether (sulfide) groups is 1. The number of rotatable bonds is 7. The summed E-state index contributed by atoms with van der Waals surface area (Å²) in [5.41, 5.74) is 2.58. The Hall–Kier alpha value is -2.99. The van der Waals surface area contributed by atoms with Crippen LogP contribution in [0.5, 0.6) is 0 Å². The van der Waals surface area contributed by atoms with Crippen molar-refractivity contribution in [2.45, 2.75) is 28.6 Å². The molecule has 5 aromatic rings. The highest BCUT2D eigenvalue weighted by Gasteiger charge is 2.28. The number of aromatic nitrogens is 5. The van der Waals surface area contributed by atoms with Gasteiger partial charge in [-0.25, -0.2) is 13.4 Å². The molecule has 0 N–H and O–H groups in total. The molecule has 0 amide bonds. The Morgan fingerprint density at radius 2 is 1.83 bits per heavy atom. The van der Waals surface area contributed by atoms with Gasteiger partial charge >= 0.3 is 0 Å². The van der Waals surface area contributed by atoms with Gasteiger partial charge in [0.2, 0.25) is 10.0 Å². The highest BCUT2D eigenvalue weighted by atomic mass is 32.2. The van der Waals surface area contributed by atoms with Crippen molar-refractivity contribution < 1.29 is 8.42 Å². The van der Waals surface area contributed by atoms with Crippen LogP contribution in [0.3, 0.4) is 0 Å². The van der Waals surface area contributed by atoms with Gasteiger partial charge in [0.15, 0.2) is 15.9 Å². The summed E-state index contributed by atoms with van der Waals surface area (Å²) < 4.78 is 31.9. The number of hydrogen-bond donors (Lipinski definition) is 0. The van der Waals surface area contributed by atoms with E-state index in [1.807, 2.05) is 63.1 Å². The van der Waals surface area contributed by atoms with E-state index >= 15 is 0 Å². The second kappa shape index (κ2) is 9.23. The molecule has 0 spiro atoms. The first kappa shape index (κ1) is 22.5. The van der Waals surface area contributed by atoms with Crippen molar-refractivity contribution >= 4 is 38.1 Å². The molecule has 4 heterocycles. The van der Waals surface area contributed by atoms with Gasteiger partial charge in [0.1, 0.15) is 0 Å². The fourth-order valence-corrected chi connectivity index (χ4v) is 7.34. The second-order valence-electron chi connectivity index (χ2n) is 8.23. The van der Waals surface area contributed by atoms with Gasteiger partial charge in [0.05, 0.1) is 10.6 Å². The molecule has 0 bridgehead atoms. The molecule has 2 aromatic carbocycles. The van der Waals surface area contributed by atoms with Crippen molar-refractivity contribution in [2.24, 2.45) is 0 Å². The van der Waals surface area contributed by atoms with Gasteiger partial charge in [-0.15, -0.1) is 21.5 Å². The number of thiazole rings is 1. The number of fused-ring (bicyclic) bond motifs is 1. The zero-order chi connectivity index (χ0) is 23.8. The van der Waals surface area contributed by atoms with Crippen molar-refractivity contribution in [1.82, 2.24) is 28.5 Å². The molecule has 6 rings (SSSR count). The minimum atomic E-state index is -3.53. The van der Waals surface area contributed by atoms with Crippen molar-refractivity contribution in [2.75, 3.05) is 13.1 Å². The van der Waals surface area contributed by atoms with E-state index < -0.39 is 10.0 Å².